The average molecular weight is 341 g/mol. The largest absolute Gasteiger partial charge is 0.491 e. The fourth-order valence-electron chi connectivity index (χ4n) is 2.05. The van der Waals surface area contributed by atoms with E-state index in [-0.39, 0.29) is 12.2 Å². The van der Waals surface area contributed by atoms with Crippen molar-refractivity contribution in [1.82, 2.24) is 5.48 Å². The molecule has 0 saturated carbocycles. The third-order valence-electron chi connectivity index (χ3n) is 3.73. The zero-order valence-electron chi connectivity index (χ0n) is 15.2. The van der Waals surface area contributed by atoms with E-state index in [1.165, 1.54) is 0 Å². The van der Waals surface area contributed by atoms with E-state index >= 15 is 0 Å². The van der Waals surface area contributed by atoms with Gasteiger partial charge < -0.3 is 9.47 Å². The van der Waals surface area contributed by atoms with Crippen LogP contribution in [-0.2, 0) is 4.84 Å². The number of ether oxygens (including phenoxy) is 2. The van der Waals surface area contributed by atoms with Crippen LogP contribution >= 0.6 is 0 Å². The van der Waals surface area contributed by atoms with Gasteiger partial charge in [0.2, 0.25) is 0 Å². The molecule has 0 aliphatic rings. The maximum Gasteiger partial charge on any atom is 0.119 e. The molecule has 4 heteroatoms. The fraction of sp³-hybridized carbons (Fsp3) is 0.333. The summed E-state index contributed by atoms with van der Waals surface area (Å²) in [6, 6.07) is 17.5. The van der Waals surface area contributed by atoms with Crippen LogP contribution < -0.4 is 15.0 Å². The van der Waals surface area contributed by atoms with Crippen molar-refractivity contribution in [2.24, 2.45) is 0 Å². The van der Waals surface area contributed by atoms with Crippen LogP contribution in [0.2, 0.25) is 0 Å². The standard InChI is InChI=1S/C21H27NO3/c1-5-16(2)24-21-13-11-20(12-14-21)23-15-17(3)25-22-18(4)19-9-7-6-8-10-19/h6-14,16-17,22H,4-5,15H2,1-3H3. The molecular formula is C21H27NO3. The Morgan fingerprint density at radius 1 is 0.960 bits per heavy atom. The summed E-state index contributed by atoms with van der Waals surface area (Å²) >= 11 is 0. The van der Waals surface area contributed by atoms with Crippen LogP contribution in [0.15, 0.2) is 61.2 Å². The molecule has 2 aromatic rings. The lowest BCUT2D eigenvalue weighted by atomic mass is 10.2. The van der Waals surface area contributed by atoms with Gasteiger partial charge in [0.15, 0.2) is 0 Å². The Bertz CT molecular complexity index is 640. The van der Waals surface area contributed by atoms with Crippen LogP contribution in [0.25, 0.3) is 5.70 Å². The molecule has 0 aliphatic heterocycles. The van der Waals surface area contributed by atoms with Gasteiger partial charge >= 0.3 is 0 Å². The van der Waals surface area contributed by atoms with Gasteiger partial charge in [0.1, 0.15) is 24.2 Å². The Morgan fingerprint density at radius 3 is 2.24 bits per heavy atom. The second kappa shape index (κ2) is 9.74. The molecule has 1 N–H and O–H groups in total. The number of hydrogen-bond acceptors (Lipinski definition) is 4. The SMILES string of the molecule is C=C(NOC(C)COc1ccc(OC(C)CC)cc1)c1ccccc1. The number of rotatable bonds is 10. The summed E-state index contributed by atoms with van der Waals surface area (Å²) in [7, 11) is 0. The summed E-state index contributed by atoms with van der Waals surface area (Å²) in [6.07, 6.45) is 1.06. The topological polar surface area (TPSA) is 39.7 Å². The average Bonchev–Trinajstić information content (AvgIpc) is 2.66. The summed E-state index contributed by atoms with van der Waals surface area (Å²) in [5, 5.41) is 0. The molecule has 2 unspecified atom stereocenters. The molecule has 0 fully saturated rings. The van der Waals surface area contributed by atoms with Crippen LogP contribution in [0.4, 0.5) is 0 Å². The van der Waals surface area contributed by atoms with Crippen molar-refractivity contribution in [3.63, 3.8) is 0 Å². The molecule has 0 heterocycles. The molecule has 0 bridgehead atoms. The minimum Gasteiger partial charge on any atom is -0.491 e. The fourth-order valence-corrected chi connectivity index (χ4v) is 2.05. The number of nitrogens with one attached hydrogen (secondary N) is 1. The second-order valence-corrected chi connectivity index (χ2v) is 5.99. The van der Waals surface area contributed by atoms with Crippen molar-refractivity contribution < 1.29 is 14.3 Å². The molecule has 0 aliphatic carbocycles. The van der Waals surface area contributed by atoms with Gasteiger partial charge in [-0.05, 0) is 50.1 Å². The Morgan fingerprint density at radius 2 is 1.60 bits per heavy atom. The summed E-state index contributed by atoms with van der Waals surface area (Å²) in [6.45, 7) is 10.5. The molecule has 0 amide bonds. The van der Waals surface area contributed by atoms with Gasteiger partial charge in [-0.15, -0.1) is 0 Å². The van der Waals surface area contributed by atoms with E-state index in [0.29, 0.717) is 6.61 Å². The first-order valence-electron chi connectivity index (χ1n) is 8.64. The lowest BCUT2D eigenvalue weighted by Crippen LogP contribution is -2.25. The van der Waals surface area contributed by atoms with Gasteiger partial charge in [-0.25, -0.2) is 0 Å². The highest BCUT2D eigenvalue weighted by atomic mass is 16.7. The predicted molar refractivity (Wildman–Crippen MR) is 101 cm³/mol. The van der Waals surface area contributed by atoms with E-state index in [9.17, 15) is 0 Å². The summed E-state index contributed by atoms with van der Waals surface area (Å²) in [4.78, 5) is 5.57. The van der Waals surface area contributed by atoms with Crippen molar-refractivity contribution in [2.75, 3.05) is 6.61 Å². The number of hydroxylamine groups is 1. The van der Waals surface area contributed by atoms with E-state index in [2.05, 4.69) is 25.9 Å². The van der Waals surface area contributed by atoms with E-state index in [1.54, 1.807) is 0 Å². The van der Waals surface area contributed by atoms with E-state index in [0.717, 1.165) is 29.2 Å². The molecule has 134 valence electrons. The molecular weight excluding hydrogens is 314 g/mol. The molecule has 2 rings (SSSR count). The monoisotopic (exact) mass is 341 g/mol. The van der Waals surface area contributed by atoms with Crippen molar-refractivity contribution in [2.45, 2.75) is 39.4 Å². The first kappa shape index (κ1) is 18.9. The Balaban J connectivity index is 1.72. The highest BCUT2D eigenvalue weighted by Crippen LogP contribution is 2.19. The molecule has 4 nitrogen and oxygen atoms in total. The Kier molecular flexibility index (Phi) is 7.36. The van der Waals surface area contributed by atoms with Gasteiger partial charge in [0.25, 0.3) is 0 Å². The highest BCUT2D eigenvalue weighted by molar-refractivity contribution is 5.60. The molecule has 0 aromatic heterocycles. The van der Waals surface area contributed by atoms with Gasteiger partial charge in [0, 0.05) is 0 Å². The van der Waals surface area contributed by atoms with Gasteiger partial charge in [0.05, 0.1) is 11.8 Å². The van der Waals surface area contributed by atoms with Crippen LogP contribution in [0.3, 0.4) is 0 Å². The summed E-state index contributed by atoms with van der Waals surface area (Å²) < 4.78 is 11.5. The lowest BCUT2D eigenvalue weighted by Gasteiger charge is -2.17. The lowest BCUT2D eigenvalue weighted by molar-refractivity contribution is -0.00939. The Labute approximate surface area is 150 Å². The first-order valence-corrected chi connectivity index (χ1v) is 8.64. The van der Waals surface area contributed by atoms with Gasteiger partial charge in [-0.2, -0.15) is 0 Å². The molecule has 25 heavy (non-hydrogen) atoms. The van der Waals surface area contributed by atoms with E-state index in [4.69, 9.17) is 14.3 Å². The third kappa shape index (κ3) is 6.51. The number of hydrogen-bond donors (Lipinski definition) is 1. The van der Waals surface area contributed by atoms with Crippen molar-refractivity contribution in [1.29, 1.82) is 0 Å². The van der Waals surface area contributed by atoms with Crippen molar-refractivity contribution in [3.05, 3.63) is 66.7 Å². The maximum absolute atomic E-state index is 5.75. The molecule has 0 spiro atoms. The molecule has 2 atom stereocenters. The predicted octanol–water partition coefficient (Wildman–Crippen LogP) is 4.82. The zero-order chi connectivity index (χ0) is 18.1. The minimum absolute atomic E-state index is 0.128. The minimum atomic E-state index is -0.128. The molecule has 0 saturated heterocycles. The van der Waals surface area contributed by atoms with E-state index < -0.39 is 0 Å². The summed E-state index contributed by atoms with van der Waals surface area (Å²) in [5.74, 6) is 1.64. The van der Waals surface area contributed by atoms with Crippen LogP contribution in [0.1, 0.15) is 32.8 Å². The van der Waals surface area contributed by atoms with E-state index in [1.807, 2.05) is 61.5 Å². The smallest absolute Gasteiger partial charge is 0.119 e. The number of benzene rings is 2. The van der Waals surface area contributed by atoms with Crippen LogP contribution in [-0.4, -0.2) is 18.8 Å². The van der Waals surface area contributed by atoms with Crippen molar-refractivity contribution in [3.8, 4) is 11.5 Å². The quantitative estimate of drug-likeness (QED) is 0.629. The van der Waals surface area contributed by atoms with Crippen LogP contribution in [0, 0.1) is 0 Å². The normalized spacial score (nSPS) is 12.9. The first-order chi connectivity index (χ1) is 12.1. The van der Waals surface area contributed by atoms with Gasteiger partial charge in [-0.1, -0.05) is 43.8 Å². The molecule has 2 aromatic carbocycles. The summed E-state index contributed by atoms with van der Waals surface area (Å²) in [5.41, 5.74) is 4.59. The Hall–Kier alpha value is -2.46. The third-order valence-corrected chi connectivity index (χ3v) is 3.73. The molecule has 0 radical (unpaired) electrons. The van der Waals surface area contributed by atoms with Gasteiger partial charge in [-0.3, -0.25) is 10.3 Å². The van der Waals surface area contributed by atoms with Crippen LogP contribution in [0.5, 0.6) is 11.5 Å². The second-order valence-electron chi connectivity index (χ2n) is 5.99. The maximum atomic E-state index is 5.75. The highest BCUT2D eigenvalue weighted by Gasteiger charge is 2.06. The van der Waals surface area contributed by atoms with Crippen molar-refractivity contribution >= 4 is 5.70 Å². The zero-order valence-corrected chi connectivity index (χ0v) is 15.2.